The van der Waals surface area contributed by atoms with Crippen LogP contribution in [0.15, 0.2) is 36.9 Å². The molecule has 1 unspecified atom stereocenters. The Bertz CT molecular complexity index is 566. The summed E-state index contributed by atoms with van der Waals surface area (Å²) in [5.74, 6) is -0.0406. The monoisotopic (exact) mass is 277 g/mol. The molecule has 1 heterocycles. The standard InChI is InChI=1S/C14H16ClN3O/c1-10-3-4-12(8-13(10)15)17-14(19)7-11(2)18-6-5-16-9-18/h3-6,8-9,11H,7H2,1-2H3,(H,17,19). The average Bonchev–Trinajstić information content (AvgIpc) is 2.87. The summed E-state index contributed by atoms with van der Waals surface area (Å²) in [7, 11) is 0. The second-order valence-electron chi connectivity index (χ2n) is 4.58. The highest BCUT2D eigenvalue weighted by Gasteiger charge is 2.10. The first-order valence-corrected chi connectivity index (χ1v) is 6.47. The number of hydrogen-bond donors (Lipinski definition) is 1. The number of benzene rings is 1. The van der Waals surface area contributed by atoms with Gasteiger partial charge in [0, 0.05) is 35.6 Å². The highest BCUT2D eigenvalue weighted by molar-refractivity contribution is 6.31. The molecule has 0 saturated carbocycles. The molecule has 0 aliphatic rings. The Balaban J connectivity index is 1.95. The number of hydrogen-bond acceptors (Lipinski definition) is 2. The Hall–Kier alpha value is -1.81. The Labute approximate surface area is 117 Å². The first kappa shape index (κ1) is 13.6. The number of imidazole rings is 1. The maximum absolute atomic E-state index is 11.9. The van der Waals surface area contributed by atoms with E-state index in [0.29, 0.717) is 11.4 Å². The Morgan fingerprint density at radius 1 is 1.53 bits per heavy atom. The van der Waals surface area contributed by atoms with Crippen LogP contribution in [0.2, 0.25) is 5.02 Å². The molecular formula is C14H16ClN3O. The normalized spacial score (nSPS) is 12.2. The van der Waals surface area contributed by atoms with E-state index < -0.39 is 0 Å². The highest BCUT2D eigenvalue weighted by Crippen LogP contribution is 2.20. The van der Waals surface area contributed by atoms with E-state index in [4.69, 9.17) is 11.6 Å². The van der Waals surface area contributed by atoms with Crippen LogP contribution in [0, 0.1) is 6.92 Å². The Morgan fingerprint density at radius 2 is 2.32 bits per heavy atom. The van der Waals surface area contributed by atoms with Crippen molar-refractivity contribution in [3.63, 3.8) is 0 Å². The van der Waals surface area contributed by atoms with Crippen LogP contribution in [0.1, 0.15) is 24.9 Å². The van der Waals surface area contributed by atoms with Gasteiger partial charge in [0.25, 0.3) is 0 Å². The molecule has 1 amide bonds. The van der Waals surface area contributed by atoms with Gasteiger partial charge in [0.1, 0.15) is 0 Å². The number of aromatic nitrogens is 2. The zero-order chi connectivity index (χ0) is 13.8. The summed E-state index contributed by atoms with van der Waals surface area (Å²) >= 11 is 6.02. The van der Waals surface area contributed by atoms with Crippen LogP contribution in [-0.2, 0) is 4.79 Å². The SMILES string of the molecule is Cc1ccc(NC(=O)CC(C)n2ccnc2)cc1Cl. The van der Waals surface area contributed by atoms with Crippen LogP contribution >= 0.6 is 11.6 Å². The van der Waals surface area contributed by atoms with Gasteiger partial charge in [0.15, 0.2) is 0 Å². The lowest BCUT2D eigenvalue weighted by molar-refractivity contribution is -0.116. The summed E-state index contributed by atoms with van der Waals surface area (Å²) in [5, 5.41) is 3.50. The van der Waals surface area contributed by atoms with Crippen LogP contribution < -0.4 is 5.32 Å². The van der Waals surface area contributed by atoms with Crippen molar-refractivity contribution < 1.29 is 4.79 Å². The van der Waals surface area contributed by atoms with Crippen LogP contribution in [0.4, 0.5) is 5.69 Å². The lowest BCUT2D eigenvalue weighted by Gasteiger charge is -2.13. The van der Waals surface area contributed by atoms with Crippen molar-refractivity contribution >= 4 is 23.2 Å². The van der Waals surface area contributed by atoms with Gasteiger partial charge in [0.2, 0.25) is 5.91 Å². The van der Waals surface area contributed by atoms with E-state index >= 15 is 0 Å². The minimum atomic E-state index is -0.0406. The molecule has 0 bridgehead atoms. The molecule has 100 valence electrons. The third-order valence-electron chi connectivity index (χ3n) is 2.97. The third kappa shape index (κ3) is 3.58. The number of nitrogens with zero attached hydrogens (tertiary/aromatic N) is 2. The van der Waals surface area contributed by atoms with Crippen LogP contribution in [0.3, 0.4) is 0 Å². The number of aryl methyl sites for hydroxylation is 1. The molecule has 2 aromatic rings. The molecule has 0 aliphatic carbocycles. The van der Waals surface area contributed by atoms with Crippen LogP contribution in [-0.4, -0.2) is 15.5 Å². The summed E-state index contributed by atoms with van der Waals surface area (Å²) in [5.41, 5.74) is 1.71. The Morgan fingerprint density at radius 3 is 2.95 bits per heavy atom. The molecule has 19 heavy (non-hydrogen) atoms. The predicted octanol–water partition coefficient (Wildman–Crippen LogP) is 3.43. The van der Waals surface area contributed by atoms with Crippen molar-refractivity contribution in [2.45, 2.75) is 26.3 Å². The minimum absolute atomic E-state index is 0.0406. The fourth-order valence-corrected chi connectivity index (χ4v) is 1.97. The summed E-state index contributed by atoms with van der Waals surface area (Å²) < 4.78 is 1.90. The molecule has 4 nitrogen and oxygen atoms in total. The maximum Gasteiger partial charge on any atom is 0.226 e. The van der Waals surface area contributed by atoms with Gasteiger partial charge in [-0.1, -0.05) is 17.7 Å². The molecule has 0 spiro atoms. The lowest BCUT2D eigenvalue weighted by atomic mass is 10.2. The van der Waals surface area contributed by atoms with E-state index in [9.17, 15) is 4.79 Å². The van der Waals surface area contributed by atoms with Crippen LogP contribution in [0.5, 0.6) is 0 Å². The van der Waals surface area contributed by atoms with Crippen molar-refractivity contribution in [3.05, 3.63) is 47.5 Å². The number of carbonyl (C=O) groups is 1. The quantitative estimate of drug-likeness (QED) is 0.931. The van der Waals surface area contributed by atoms with E-state index in [1.54, 1.807) is 18.6 Å². The largest absolute Gasteiger partial charge is 0.334 e. The van der Waals surface area contributed by atoms with Crippen molar-refractivity contribution in [3.8, 4) is 0 Å². The molecule has 0 radical (unpaired) electrons. The van der Waals surface area contributed by atoms with E-state index in [-0.39, 0.29) is 11.9 Å². The van der Waals surface area contributed by atoms with Gasteiger partial charge in [-0.25, -0.2) is 4.98 Å². The van der Waals surface area contributed by atoms with Gasteiger partial charge < -0.3 is 9.88 Å². The zero-order valence-electron chi connectivity index (χ0n) is 10.9. The van der Waals surface area contributed by atoms with E-state index in [2.05, 4.69) is 10.3 Å². The number of anilines is 1. The predicted molar refractivity (Wildman–Crippen MR) is 76.4 cm³/mol. The fourth-order valence-electron chi connectivity index (χ4n) is 1.79. The summed E-state index contributed by atoms with van der Waals surface area (Å²) in [6.07, 6.45) is 5.65. The van der Waals surface area contributed by atoms with Gasteiger partial charge in [0.05, 0.1) is 6.33 Å². The molecule has 1 aromatic heterocycles. The molecule has 1 N–H and O–H groups in total. The fraction of sp³-hybridized carbons (Fsp3) is 0.286. The second-order valence-corrected chi connectivity index (χ2v) is 4.98. The van der Waals surface area contributed by atoms with Gasteiger partial charge in [-0.15, -0.1) is 0 Å². The zero-order valence-corrected chi connectivity index (χ0v) is 11.7. The first-order valence-electron chi connectivity index (χ1n) is 6.09. The minimum Gasteiger partial charge on any atom is -0.334 e. The summed E-state index contributed by atoms with van der Waals surface area (Å²) in [6.45, 7) is 3.90. The number of nitrogens with one attached hydrogen (secondary N) is 1. The number of carbonyl (C=O) groups excluding carboxylic acids is 1. The lowest BCUT2D eigenvalue weighted by Crippen LogP contribution is -2.16. The molecule has 1 atom stereocenters. The van der Waals surface area contributed by atoms with Crippen molar-refractivity contribution in [2.24, 2.45) is 0 Å². The van der Waals surface area contributed by atoms with Crippen molar-refractivity contribution in [1.82, 2.24) is 9.55 Å². The molecule has 0 fully saturated rings. The van der Waals surface area contributed by atoms with Crippen LogP contribution in [0.25, 0.3) is 0 Å². The van der Waals surface area contributed by atoms with E-state index in [1.807, 2.05) is 36.7 Å². The number of amides is 1. The maximum atomic E-state index is 11.9. The van der Waals surface area contributed by atoms with Gasteiger partial charge >= 0.3 is 0 Å². The van der Waals surface area contributed by atoms with Gasteiger partial charge in [-0.05, 0) is 31.5 Å². The second kappa shape index (κ2) is 5.89. The average molecular weight is 278 g/mol. The van der Waals surface area contributed by atoms with Crippen molar-refractivity contribution in [1.29, 1.82) is 0 Å². The first-order chi connectivity index (χ1) is 9.06. The van der Waals surface area contributed by atoms with Crippen molar-refractivity contribution in [2.75, 3.05) is 5.32 Å². The van der Waals surface area contributed by atoms with Gasteiger partial charge in [-0.2, -0.15) is 0 Å². The molecule has 5 heteroatoms. The molecule has 1 aromatic carbocycles. The van der Waals surface area contributed by atoms with Gasteiger partial charge in [-0.3, -0.25) is 4.79 Å². The number of rotatable bonds is 4. The third-order valence-corrected chi connectivity index (χ3v) is 3.38. The number of halogens is 1. The Kier molecular flexibility index (Phi) is 4.22. The molecule has 2 rings (SSSR count). The molecular weight excluding hydrogens is 262 g/mol. The highest BCUT2D eigenvalue weighted by atomic mass is 35.5. The van der Waals surface area contributed by atoms with E-state index in [0.717, 1.165) is 11.3 Å². The molecule has 0 saturated heterocycles. The molecule has 0 aliphatic heterocycles. The van der Waals surface area contributed by atoms with E-state index in [1.165, 1.54) is 0 Å². The summed E-state index contributed by atoms with van der Waals surface area (Å²) in [6, 6.07) is 5.57. The summed E-state index contributed by atoms with van der Waals surface area (Å²) in [4.78, 5) is 15.9. The topological polar surface area (TPSA) is 46.9 Å². The smallest absolute Gasteiger partial charge is 0.226 e.